The molecule has 0 aliphatic heterocycles. The molecule has 3 N–H and O–H groups in total. The topological polar surface area (TPSA) is 75.7 Å². The molecule has 0 fully saturated rings. The Morgan fingerprint density at radius 1 is 1.77 bits per heavy atom. The number of aryl methyl sites for hydroxylation is 1. The quantitative estimate of drug-likeness (QED) is 0.454. The van der Waals surface area contributed by atoms with Crippen LogP contribution in [0.3, 0.4) is 0 Å². The molecule has 0 radical (unpaired) electrons. The van der Waals surface area contributed by atoms with Gasteiger partial charge in [0, 0.05) is 6.42 Å². The van der Waals surface area contributed by atoms with Crippen LogP contribution in [0.4, 0.5) is 0 Å². The van der Waals surface area contributed by atoms with Gasteiger partial charge in [-0.25, -0.2) is 4.98 Å². The van der Waals surface area contributed by atoms with Gasteiger partial charge in [0.15, 0.2) is 4.34 Å². The SMILES string of the molecule is CCc1nsc(SC(C)C(=N)N)n1. The highest BCUT2D eigenvalue weighted by Gasteiger charge is 2.10. The van der Waals surface area contributed by atoms with E-state index in [0.717, 1.165) is 16.6 Å². The highest BCUT2D eigenvalue weighted by molar-refractivity contribution is 8.02. The van der Waals surface area contributed by atoms with E-state index < -0.39 is 0 Å². The van der Waals surface area contributed by atoms with Crippen LogP contribution in [0.15, 0.2) is 4.34 Å². The lowest BCUT2D eigenvalue weighted by atomic mass is 10.4. The largest absolute Gasteiger partial charge is 0.387 e. The lowest BCUT2D eigenvalue weighted by molar-refractivity contribution is 0.971. The van der Waals surface area contributed by atoms with Crippen LogP contribution in [0, 0.1) is 5.41 Å². The number of thioether (sulfide) groups is 1. The van der Waals surface area contributed by atoms with E-state index in [1.807, 2.05) is 13.8 Å². The summed E-state index contributed by atoms with van der Waals surface area (Å²) in [7, 11) is 0. The Balaban J connectivity index is 2.58. The average Bonchev–Trinajstić information content (AvgIpc) is 2.52. The first kappa shape index (κ1) is 10.5. The summed E-state index contributed by atoms with van der Waals surface area (Å²) in [5, 5.41) is 7.20. The van der Waals surface area contributed by atoms with E-state index in [2.05, 4.69) is 9.36 Å². The molecule has 0 aliphatic rings. The summed E-state index contributed by atoms with van der Waals surface area (Å²) in [6.07, 6.45) is 0.853. The van der Waals surface area contributed by atoms with Gasteiger partial charge in [-0.2, -0.15) is 4.37 Å². The fourth-order valence-electron chi connectivity index (χ4n) is 0.644. The number of nitrogens with two attached hydrogens (primary N) is 1. The molecular weight excluding hydrogens is 204 g/mol. The van der Waals surface area contributed by atoms with Crippen LogP contribution in [0.25, 0.3) is 0 Å². The molecule has 0 amide bonds. The van der Waals surface area contributed by atoms with Crippen molar-refractivity contribution in [1.82, 2.24) is 9.36 Å². The third kappa shape index (κ3) is 2.96. The zero-order valence-electron chi connectivity index (χ0n) is 7.57. The average molecular weight is 216 g/mol. The van der Waals surface area contributed by atoms with E-state index in [9.17, 15) is 0 Å². The maximum absolute atomic E-state index is 7.21. The summed E-state index contributed by atoms with van der Waals surface area (Å²) in [5.41, 5.74) is 5.34. The van der Waals surface area contributed by atoms with Crippen LogP contribution in [-0.4, -0.2) is 20.4 Å². The molecule has 6 heteroatoms. The number of aromatic nitrogens is 2. The standard InChI is InChI=1S/C7H12N4S2/c1-3-5-10-7(13-11-5)12-4(2)6(8)9/h4H,3H2,1-2H3,(H3,8,9). The van der Waals surface area contributed by atoms with Crippen molar-refractivity contribution in [2.45, 2.75) is 29.9 Å². The van der Waals surface area contributed by atoms with Crippen molar-refractivity contribution in [3.63, 3.8) is 0 Å². The first-order valence-electron chi connectivity index (χ1n) is 3.96. The second-order valence-electron chi connectivity index (χ2n) is 2.55. The van der Waals surface area contributed by atoms with Gasteiger partial charge in [-0.15, -0.1) is 0 Å². The zero-order chi connectivity index (χ0) is 9.84. The van der Waals surface area contributed by atoms with Gasteiger partial charge < -0.3 is 5.73 Å². The summed E-state index contributed by atoms with van der Waals surface area (Å²) in [4.78, 5) is 4.27. The Kier molecular flexibility index (Phi) is 3.68. The second kappa shape index (κ2) is 4.57. The van der Waals surface area contributed by atoms with Gasteiger partial charge in [0.05, 0.1) is 5.25 Å². The van der Waals surface area contributed by atoms with Gasteiger partial charge >= 0.3 is 0 Å². The Bertz CT molecular complexity index is 296. The minimum absolute atomic E-state index is 0.0161. The molecule has 0 saturated carbocycles. The molecule has 13 heavy (non-hydrogen) atoms. The molecule has 1 rings (SSSR count). The summed E-state index contributed by atoms with van der Waals surface area (Å²) < 4.78 is 5.03. The van der Waals surface area contributed by atoms with E-state index >= 15 is 0 Å². The second-order valence-corrected chi connectivity index (χ2v) is 4.89. The van der Waals surface area contributed by atoms with Gasteiger partial charge in [-0.3, -0.25) is 5.41 Å². The zero-order valence-corrected chi connectivity index (χ0v) is 9.21. The normalized spacial score (nSPS) is 12.8. The van der Waals surface area contributed by atoms with E-state index in [4.69, 9.17) is 11.1 Å². The minimum Gasteiger partial charge on any atom is -0.387 e. The third-order valence-electron chi connectivity index (χ3n) is 1.48. The van der Waals surface area contributed by atoms with Crippen molar-refractivity contribution in [3.05, 3.63) is 5.82 Å². The predicted molar refractivity (Wildman–Crippen MR) is 56.5 cm³/mol. The minimum atomic E-state index is -0.0161. The van der Waals surface area contributed by atoms with Crippen molar-refractivity contribution in [3.8, 4) is 0 Å². The molecule has 0 aromatic carbocycles. The Morgan fingerprint density at radius 2 is 2.46 bits per heavy atom. The van der Waals surface area contributed by atoms with Crippen molar-refractivity contribution in [2.24, 2.45) is 5.73 Å². The third-order valence-corrected chi connectivity index (χ3v) is 3.44. The van der Waals surface area contributed by atoms with Gasteiger partial charge in [0.25, 0.3) is 0 Å². The molecule has 0 aliphatic carbocycles. The highest BCUT2D eigenvalue weighted by atomic mass is 32.2. The van der Waals surface area contributed by atoms with Crippen molar-refractivity contribution in [2.75, 3.05) is 0 Å². The number of hydrogen-bond donors (Lipinski definition) is 2. The summed E-state index contributed by atoms with van der Waals surface area (Å²) in [6, 6.07) is 0. The molecule has 1 aromatic heterocycles. The van der Waals surface area contributed by atoms with Crippen LogP contribution in [0.1, 0.15) is 19.7 Å². The molecule has 0 spiro atoms. The number of nitrogens with one attached hydrogen (secondary N) is 1. The van der Waals surface area contributed by atoms with E-state index in [0.29, 0.717) is 0 Å². The Labute approximate surface area is 85.6 Å². The monoisotopic (exact) mass is 216 g/mol. The van der Waals surface area contributed by atoms with Gasteiger partial charge in [0.2, 0.25) is 0 Å². The number of hydrogen-bond acceptors (Lipinski definition) is 5. The fourth-order valence-corrected chi connectivity index (χ4v) is 2.45. The highest BCUT2D eigenvalue weighted by Crippen LogP contribution is 2.24. The number of nitrogens with zero attached hydrogens (tertiary/aromatic N) is 2. The van der Waals surface area contributed by atoms with E-state index in [1.165, 1.54) is 23.3 Å². The molecule has 1 unspecified atom stereocenters. The first-order valence-corrected chi connectivity index (χ1v) is 5.62. The van der Waals surface area contributed by atoms with Crippen molar-refractivity contribution >= 4 is 29.1 Å². The molecule has 1 atom stereocenters. The van der Waals surface area contributed by atoms with E-state index in [-0.39, 0.29) is 11.1 Å². The molecular formula is C7H12N4S2. The molecule has 0 saturated heterocycles. The van der Waals surface area contributed by atoms with Gasteiger partial charge in [-0.05, 0) is 18.5 Å². The van der Waals surface area contributed by atoms with Crippen LogP contribution < -0.4 is 5.73 Å². The number of amidine groups is 1. The molecule has 4 nitrogen and oxygen atoms in total. The van der Waals surface area contributed by atoms with Gasteiger partial charge in [-0.1, -0.05) is 18.7 Å². The Hall–Kier alpha value is -0.620. The fraction of sp³-hybridized carbons (Fsp3) is 0.571. The maximum atomic E-state index is 7.21. The predicted octanol–water partition coefficient (Wildman–Crippen LogP) is 1.52. The van der Waals surface area contributed by atoms with Crippen LogP contribution in [-0.2, 0) is 6.42 Å². The lowest BCUT2D eigenvalue weighted by Gasteiger charge is -2.04. The first-order chi connectivity index (χ1) is 6.13. The van der Waals surface area contributed by atoms with E-state index in [1.54, 1.807) is 0 Å². The van der Waals surface area contributed by atoms with Crippen molar-refractivity contribution < 1.29 is 0 Å². The smallest absolute Gasteiger partial charge is 0.170 e. The lowest BCUT2D eigenvalue weighted by Crippen LogP contribution is -2.21. The molecule has 1 aromatic rings. The van der Waals surface area contributed by atoms with Crippen LogP contribution in [0.5, 0.6) is 0 Å². The van der Waals surface area contributed by atoms with Gasteiger partial charge in [0.1, 0.15) is 11.7 Å². The number of rotatable bonds is 4. The molecule has 72 valence electrons. The molecule has 0 bridgehead atoms. The van der Waals surface area contributed by atoms with Crippen molar-refractivity contribution in [1.29, 1.82) is 5.41 Å². The summed E-state index contributed by atoms with van der Waals surface area (Å²) in [6.45, 7) is 3.91. The van der Waals surface area contributed by atoms with Crippen LogP contribution >= 0.6 is 23.3 Å². The molecule has 1 heterocycles. The maximum Gasteiger partial charge on any atom is 0.170 e. The summed E-state index contributed by atoms with van der Waals surface area (Å²) in [5.74, 6) is 1.04. The summed E-state index contributed by atoms with van der Waals surface area (Å²) >= 11 is 2.85. The van der Waals surface area contributed by atoms with Crippen LogP contribution in [0.2, 0.25) is 0 Å². The Morgan fingerprint density at radius 3 is 2.92 bits per heavy atom.